The maximum absolute atomic E-state index is 12.4. The Morgan fingerprint density at radius 1 is 1.03 bits per heavy atom. The zero-order chi connectivity index (χ0) is 28.7. The highest BCUT2D eigenvalue weighted by atomic mass is 16.5. The van der Waals surface area contributed by atoms with Gasteiger partial charge in [-0.2, -0.15) is 0 Å². The second kappa shape index (κ2) is 16.9. The van der Waals surface area contributed by atoms with Crippen molar-refractivity contribution in [2.45, 2.75) is 63.1 Å². The van der Waals surface area contributed by atoms with Crippen molar-refractivity contribution in [3.63, 3.8) is 0 Å². The molecule has 0 aromatic carbocycles. The number of primary amides is 1. The van der Waals surface area contributed by atoms with Gasteiger partial charge in [0.1, 0.15) is 49.3 Å². The summed E-state index contributed by atoms with van der Waals surface area (Å²) in [5.74, 6) is -5.56. The molecule has 0 radical (unpaired) electrons. The van der Waals surface area contributed by atoms with Crippen LogP contribution in [0.15, 0.2) is 0 Å². The molecule has 0 bridgehead atoms. The number of nitrogens with one attached hydrogen (secondary N) is 4. The second-order valence-corrected chi connectivity index (χ2v) is 7.85. The minimum absolute atomic E-state index is 0.188. The fourth-order valence-corrected chi connectivity index (χ4v) is 2.82. The van der Waals surface area contributed by atoms with Gasteiger partial charge in [0.25, 0.3) is 0 Å². The quantitative estimate of drug-likeness (QED) is 0.0742. The molecule has 0 aromatic heterocycles. The number of carboxylic acid groups (broad SMARTS) is 1. The monoisotopic (exact) mass is 535 g/mol. The highest BCUT2D eigenvalue weighted by molar-refractivity contribution is 5.93. The van der Waals surface area contributed by atoms with Crippen molar-refractivity contribution in [1.29, 1.82) is 0 Å². The Morgan fingerprint density at radius 3 is 2.14 bits per heavy atom. The number of nitrogens with two attached hydrogens (primary N) is 1. The molecule has 0 spiro atoms. The number of carboxylic acids is 1. The summed E-state index contributed by atoms with van der Waals surface area (Å²) in [5, 5.41) is 46.4. The molecule has 0 saturated carbocycles. The predicted molar refractivity (Wildman–Crippen MR) is 121 cm³/mol. The molecule has 0 aliphatic carbocycles. The van der Waals surface area contributed by atoms with E-state index in [1.54, 1.807) is 0 Å². The summed E-state index contributed by atoms with van der Waals surface area (Å²) in [4.78, 5) is 81.2. The van der Waals surface area contributed by atoms with E-state index in [1.165, 1.54) is 6.92 Å². The molecule has 0 aliphatic heterocycles. The van der Waals surface area contributed by atoms with Gasteiger partial charge in [-0.15, -0.1) is 0 Å². The van der Waals surface area contributed by atoms with Crippen molar-refractivity contribution in [2.24, 2.45) is 5.73 Å². The molecule has 0 saturated heterocycles. The Kier molecular flexibility index (Phi) is 15.2. The minimum Gasteiger partial charge on any atom is -0.481 e. The number of hydrogen-bond acceptors (Lipinski definition) is 11. The zero-order valence-corrected chi connectivity index (χ0v) is 20.2. The van der Waals surface area contributed by atoms with Crippen LogP contribution in [-0.4, -0.2) is 118 Å². The average Bonchev–Trinajstić information content (AvgIpc) is 2.82. The topological polar surface area (TPSA) is 284 Å². The lowest BCUT2D eigenvalue weighted by molar-refractivity contribution is -0.146. The Balaban J connectivity index is 5.22. The van der Waals surface area contributed by atoms with E-state index < -0.39 is 98.1 Å². The first-order valence-electron chi connectivity index (χ1n) is 10.9. The van der Waals surface area contributed by atoms with Gasteiger partial charge in [0, 0.05) is 13.3 Å². The van der Waals surface area contributed by atoms with Crippen molar-refractivity contribution < 1.29 is 58.7 Å². The molecule has 37 heavy (non-hydrogen) atoms. The second-order valence-electron chi connectivity index (χ2n) is 7.85. The third kappa shape index (κ3) is 13.3. The summed E-state index contributed by atoms with van der Waals surface area (Å²) in [6, 6.07) is -4.17. The number of hydrogen-bond donors (Lipinski definition) is 9. The molecule has 0 aliphatic rings. The fourth-order valence-electron chi connectivity index (χ4n) is 2.82. The van der Waals surface area contributed by atoms with Crippen molar-refractivity contribution in [1.82, 2.24) is 21.3 Å². The number of ether oxygens (including phenoxy) is 1. The number of amides is 5. The SMILES string of the molecule is CC(=O)N[C@@H](C=O)[C@@H](OCC(=O)NC(C)C(=O)NC(CCC(=O)O)C(=O)NCC(N)=O)[C@H](O)[C@H](O)CO. The largest absolute Gasteiger partial charge is 0.481 e. The highest BCUT2D eigenvalue weighted by Gasteiger charge is 2.35. The number of rotatable bonds is 18. The van der Waals surface area contributed by atoms with Gasteiger partial charge >= 0.3 is 5.97 Å². The summed E-state index contributed by atoms with van der Waals surface area (Å²) >= 11 is 0. The lowest BCUT2D eigenvalue weighted by Crippen LogP contribution is -2.56. The number of aldehydes is 1. The molecule has 2 unspecified atom stereocenters. The van der Waals surface area contributed by atoms with Gasteiger partial charge in [0.2, 0.25) is 29.5 Å². The predicted octanol–water partition coefficient (Wildman–Crippen LogP) is -5.75. The van der Waals surface area contributed by atoms with Gasteiger partial charge in [-0.25, -0.2) is 0 Å². The maximum atomic E-state index is 12.4. The number of carbonyl (C=O) groups is 7. The molecule has 10 N–H and O–H groups in total. The van der Waals surface area contributed by atoms with Crippen LogP contribution >= 0.6 is 0 Å². The lowest BCUT2D eigenvalue weighted by atomic mass is 10.0. The molecule has 0 rings (SSSR count). The third-order valence-corrected chi connectivity index (χ3v) is 4.68. The molecular formula is C20H33N5O12. The van der Waals surface area contributed by atoms with E-state index >= 15 is 0 Å². The van der Waals surface area contributed by atoms with Crippen LogP contribution in [0.25, 0.3) is 0 Å². The van der Waals surface area contributed by atoms with Gasteiger partial charge < -0.3 is 57.0 Å². The van der Waals surface area contributed by atoms with Gasteiger partial charge in [-0.3, -0.25) is 28.8 Å². The molecule has 0 fully saturated rings. The van der Waals surface area contributed by atoms with Crippen LogP contribution in [0.3, 0.4) is 0 Å². The van der Waals surface area contributed by atoms with E-state index in [0.717, 1.165) is 6.92 Å². The van der Waals surface area contributed by atoms with E-state index in [-0.39, 0.29) is 12.7 Å². The summed E-state index contributed by atoms with van der Waals surface area (Å²) in [6.45, 7) is -0.0707. The molecule has 17 nitrogen and oxygen atoms in total. The average molecular weight is 536 g/mol. The van der Waals surface area contributed by atoms with E-state index in [2.05, 4.69) is 21.3 Å². The van der Waals surface area contributed by atoms with Gasteiger partial charge in [-0.1, -0.05) is 0 Å². The lowest BCUT2D eigenvalue weighted by Gasteiger charge is -2.30. The first kappa shape index (κ1) is 33.3. The van der Waals surface area contributed by atoms with Crippen LogP contribution in [0, 0.1) is 0 Å². The van der Waals surface area contributed by atoms with E-state index in [1.807, 2.05) is 0 Å². The molecule has 0 aromatic rings. The Labute approximate surface area is 211 Å². The van der Waals surface area contributed by atoms with Gasteiger partial charge in [-0.05, 0) is 13.3 Å². The first-order chi connectivity index (χ1) is 17.2. The number of carbonyl (C=O) groups excluding carboxylic acids is 6. The number of aliphatic carboxylic acids is 1. The molecule has 6 atom stereocenters. The van der Waals surface area contributed by atoms with Crippen LogP contribution < -0.4 is 27.0 Å². The van der Waals surface area contributed by atoms with Crippen molar-refractivity contribution in [3.8, 4) is 0 Å². The van der Waals surface area contributed by atoms with Crippen molar-refractivity contribution >= 4 is 41.8 Å². The van der Waals surface area contributed by atoms with E-state index in [0.29, 0.717) is 0 Å². The van der Waals surface area contributed by atoms with Crippen LogP contribution in [-0.2, 0) is 38.3 Å². The standard InChI is InChI=1S/C20H33N5O12/c1-9(19(35)25-11(3-4-16(32)33)20(36)22-5-14(21)30)23-15(31)8-37-18(17(34)13(29)7-27)12(6-26)24-10(2)28/h6,9,11-13,17-18,27,29,34H,3-5,7-8H2,1-2H3,(H2,21,30)(H,22,36)(H,23,31)(H,24,28)(H,25,35)(H,32,33)/t9?,11?,12-,13+,17+,18+/m0/s1. The number of aliphatic hydroxyl groups excluding tert-OH is 3. The molecule has 5 amide bonds. The Bertz CT molecular complexity index is 839. The third-order valence-electron chi connectivity index (χ3n) is 4.68. The smallest absolute Gasteiger partial charge is 0.303 e. The van der Waals surface area contributed by atoms with Crippen LogP contribution in [0.2, 0.25) is 0 Å². The number of aliphatic hydroxyl groups is 3. The fraction of sp³-hybridized carbons (Fsp3) is 0.650. The maximum Gasteiger partial charge on any atom is 0.303 e. The van der Waals surface area contributed by atoms with E-state index in [4.69, 9.17) is 20.7 Å². The molecule has 210 valence electrons. The van der Waals surface area contributed by atoms with E-state index in [9.17, 15) is 43.8 Å². The van der Waals surface area contributed by atoms with Gasteiger partial charge in [0.15, 0.2) is 0 Å². The van der Waals surface area contributed by atoms with Crippen molar-refractivity contribution in [3.05, 3.63) is 0 Å². The first-order valence-corrected chi connectivity index (χ1v) is 10.9. The molecule has 0 heterocycles. The Morgan fingerprint density at radius 2 is 1.65 bits per heavy atom. The highest BCUT2D eigenvalue weighted by Crippen LogP contribution is 2.09. The van der Waals surface area contributed by atoms with Crippen molar-refractivity contribution in [2.75, 3.05) is 19.8 Å². The van der Waals surface area contributed by atoms with Crippen LogP contribution in [0.4, 0.5) is 0 Å². The van der Waals surface area contributed by atoms with Gasteiger partial charge in [0.05, 0.1) is 13.2 Å². The molecular weight excluding hydrogens is 502 g/mol. The summed E-state index contributed by atoms with van der Waals surface area (Å²) in [7, 11) is 0. The van der Waals surface area contributed by atoms with Crippen LogP contribution in [0.5, 0.6) is 0 Å². The minimum atomic E-state index is -1.89. The summed E-state index contributed by atoms with van der Waals surface area (Å²) in [5.41, 5.74) is 4.93. The molecule has 17 heteroatoms. The zero-order valence-electron chi connectivity index (χ0n) is 20.2. The normalized spacial score (nSPS) is 15.6. The summed E-state index contributed by atoms with van der Waals surface area (Å²) < 4.78 is 5.18. The van der Waals surface area contributed by atoms with Crippen LogP contribution in [0.1, 0.15) is 26.7 Å². The Hall–Kier alpha value is -3.67. The summed E-state index contributed by atoms with van der Waals surface area (Å²) in [6.07, 6.45) is -5.98.